The molecule has 35 heavy (non-hydrogen) atoms. The lowest BCUT2D eigenvalue weighted by Crippen LogP contribution is -2.44. The predicted molar refractivity (Wildman–Crippen MR) is 128 cm³/mol. The van der Waals surface area contributed by atoms with Crippen molar-refractivity contribution in [1.82, 2.24) is 15.1 Å². The number of alkyl carbamates (subject to hydrolysis) is 1. The molecule has 9 heteroatoms. The number of rotatable bonds is 8. The minimum absolute atomic E-state index is 0.0835. The Kier molecular flexibility index (Phi) is 5.98. The number of nitrogens with zero attached hydrogens (tertiary/aromatic N) is 2. The molecule has 0 radical (unpaired) electrons. The Hall–Kier alpha value is -4.14. The lowest BCUT2D eigenvalue weighted by atomic mass is 9.98. The third kappa shape index (κ3) is 4.75. The number of anilines is 1. The number of amides is 2. The van der Waals surface area contributed by atoms with Crippen LogP contribution in [0.2, 0.25) is 0 Å². The average Bonchev–Trinajstić information content (AvgIpc) is 3.50. The number of benzene rings is 2. The second kappa shape index (κ2) is 9.25. The standard InChI is InChI=1S/C26H26N4O5/c1-30-13-22(23(29-30)25(32)33)27-24(31)21(12-15-10-11-15)28-26(34)35-14-20-18-8-4-2-6-16(18)17-7-3-5-9-19(17)20/h2-9,13,15,20-21H,10-12,14H2,1H3,(H,27,31)(H,28,34)(H,32,33). The zero-order valence-electron chi connectivity index (χ0n) is 19.2. The summed E-state index contributed by atoms with van der Waals surface area (Å²) in [6, 6.07) is 15.3. The molecular weight excluding hydrogens is 448 g/mol. The minimum atomic E-state index is -1.25. The van der Waals surface area contributed by atoms with Gasteiger partial charge in [0.2, 0.25) is 5.91 Å². The lowest BCUT2D eigenvalue weighted by Gasteiger charge is -2.19. The maximum absolute atomic E-state index is 13.0. The molecule has 3 N–H and O–H groups in total. The van der Waals surface area contributed by atoms with Crippen LogP contribution in [0.25, 0.3) is 11.1 Å². The second-order valence-electron chi connectivity index (χ2n) is 9.06. The number of nitrogens with one attached hydrogen (secondary N) is 2. The Morgan fingerprint density at radius 1 is 1.09 bits per heavy atom. The van der Waals surface area contributed by atoms with Crippen LogP contribution < -0.4 is 10.6 Å². The number of carboxylic acid groups (broad SMARTS) is 1. The fourth-order valence-electron chi connectivity index (χ4n) is 4.66. The van der Waals surface area contributed by atoms with Gasteiger partial charge in [0, 0.05) is 19.2 Å². The van der Waals surface area contributed by atoms with Gasteiger partial charge < -0.3 is 20.5 Å². The molecule has 2 amide bonds. The van der Waals surface area contributed by atoms with Crippen LogP contribution in [0, 0.1) is 5.92 Å². The van der Waals surface area contributed by atoms with Crippen molar-refractivity contribution in [1.29, 1.82) is 0 Å². The van der Waals surface area contributed by atoms with E-state index in [9.17, 15) is 19.5 Å². The topological polar surface area (TPSA) is 123 Å². The monoisotopic (exact) mass is 474 g/mol. The molecule has 1 fully saturated rings. The first-order chi connectivity index (χ1) is 16.9. The van der Waals surface area contributed by atoms with Crippen LogP contribution >= 0.6 is 0 Å². The predicted octanol–water partition coefficient (Wildman–Crippen LogP) is 3.76. The van der Waals surface area contributed by atoms with E-state index in [1.807, 2.05) is 36.4 Å². The van der Waals surface area contributed by atoms with E-state index in [0.717, 1.165) is 35.1 Å². The van der Waals surface area contributed by atoms with Gasteiger partial charge in [-0.25, -0.2) is 9.59 Å². The van der Waals surface area contributed by atoms with Crippen molar-refractivity contribution >= 4 is 23.7 Å². The zero-order valence-corrected chi connectivity index (χ0v) is 19.2. The third-order valence-electron chi connectivity index (χ3n) is 6.51. The molecule has 2 aromatic carbocycles. The molecule has 2 aliphatic rings. The van der Waals surface area contributed by atoms with Gasteiger partial charge in [-0.2, -0.15) is 5.10 Å². The number of carbonyl (C=O) groups excluding carboxylic acids is 2. The average molecular weight is 475 g/mol. The van der Waals surface area contributed by atoms with Crippen LogP contribution in [0.1, 0.15) is 46.8 Å². The van der Waals surface area contributed by atoms with Crippen molar-refractivity contribution < 1.29 is 24.2 Å². The molecule has 1 unspecified atom stereocenters. The first kappa shape index (κ1) is 22.6. The molecule has 0 aliphatic heterocycles. The van der Waals surface area contributed by atoms with E-state index in [1.165, 1.54) is 10.9 Å². The Balaban J connectivity index is 1.26. The third-order valence-corrected chi connectivity index (χ3v) is 6.51. The highest BCUT2D eigenvalue weighted by Crippen LogP contribution is 2.44. The Morgan fingerprint density at radius 2 is 1.71 bits per heavy atom. The van der Waals surface area contributed by atoms with Crippen molar-refractivity contribution in [2.45, 2.75) is 31.2 Å². The summed E-state index contributed by atoms with van der Waals surface area (Å²) >= 11 is 0. The van der Waals surface area contributed by atoms with Crippen LogP contribution in [-0.4, -0.2) is 45.5 Å². The molecule has 1 heterocycles. The summed E-state index contributed by atoms with van der Waals surface area (Å²) in [6.45, 7) is 0.142. The molecular formula is C26H26N4O5. The summed E-state index contributed by atoms with van der Waals surface area (Å²) in [7, 11) is 1.57. The van der Waals surface area contributed by atoms with E-state index in [0.29, 0.717) is 12.3 Å². The molecule has 0 bridgehead atoms. The molecule has 1 atom stereocenters. The fourth-order valence-corrected chi connectivity index (χ4v) is 4.66. The van der Waals surface area contributed by atoms with Gasteiger partial charge in [0.15, 0.2) is 5.69 Å². The molecule has 5 rings (SSSR count). The zero-order chi connectivity index (χ0) is 24.5. The van der Waals surface area contributed by atoms with Crippen LogP contribution in [0.4, 0.5) is 10.5 Å². The second-order valence-corrected chi connectivity index (χ2v) is 9.06. The summed E-state index contributed by atoms with van der Waals surface area (Å²) in [4.78, 5) is 37.1. The molecule has 1 saturated carbocycles. The van der Waals surface area contributed by atoms with Crippen LogP contribution in [0.15, 0.2) is 54.7 Å². The smallest absolute Gasteiger partial charge is 0.407 e. The summed E-state index contributed by atoms with van der Waals surface area (Å²) < 4.78 is 6.91. The number of fused-ring (bicyclic) bond motifs is 3. The Labute approximate surface area is 202 Å². The Bertz CT molecular complexity index is 1250. The highest BCUT2D eigenvalue weighted by atomic mass is 16.5. The molecule has 9 nitrogen and oxygen atoms in total. The maximum atomic E-state index is 13.0. The molecule has 0 spiro atoms. The first-order valence-corrected chi connectivity index (χ1v) is 11.6. The van der Waals surface area contributed by atoms with Gasteiger partial charge in [0.05, 0.1) is 5.69 Å². The lowest BCUT2D eigenvalue weighted by molar-refractivity contribution is -0.118. The number of aromatic nitrogens is 2. The summed E-state index contributed by atoms with van der Waals surface area (Å²) in [5.74, 6) is -1.49. The minimum Gasteiger partial charge on any atom is -0.476 e. The van der Waals surface area contributed by atoms with Gasteiger partial charge in [-0.05, 0) is 34.6 Å². The largest absolute Gasteiger partial charge is 0.476 e. The van der Waals surface area contributed by atoms with Gasteiger partial charge in [-0.15, -0.1) is 0 Å². The Morgan fingerprint density at radius 3 is 2.31 bits per heavy atom. The number of aryl methyl sites for hydroxylation is 1. The molecule has 1 aromatic heterocycles. The maximum Gasteiger partial charge on any atom is 0.407 e. The van der Waals surface area contributed by atoms with Crippen molar-refractivity contribution in [2.75, 3.05) is 11.9 Å². The van der Waals surface area contributed by atoms with E-state index in [4.69, 9.17) is 4.74 Å². The number of carboxylic acids is 1. The van der Waals surface area contributed by atoms with Crippen molar-refractivity contribution in [3.05, 3.63) is 71.5 Å². The van der Waals surface area contributed by atoms with E-state index in [1.54, 1.807) is 7.05 Å². The van der Waals surface area contributed by atoms with Crippen molar-refractivity contribution in [3.63, 3.8) is 0 Å². The molecule has 2 aliphatic carbocycles. The van der Waals surface area contributed by atoms with Crippen molar-refractivity contribution in [2.24, 2.45) is 13.0 Å². The summed E-state index contributed by atoms with van der Waals surface area (Å²) in [5.41, 5.74) is 4.30. The highest BCUT2D eigenvalue weighted by molar-refractivity contribution is 6.01. The summed E-state index contributed by atoms with van der Waals surface area (Å²) in [6.07, 6.45) is 3.17. The highest BCUT2D eigenvalue weighted by Gasteiger charge is 2.33. The van der Waals surface area contributed by atoms with Gasteiger partial charge >= 0.3 is 12.1 Å². The van der Waals surface area contributed by atoms with E-state index >= 15 is 0 Å². The number of ether oxygens (including phenoxy) is 1. The molecule has 0 saturated heterocycles. The van der Waals surface area contributed by atoms with Gasteiger partial charge in [0.25, 0.3) is 0 Å². The SMILES string of the molecule is Cn1cc(NC(=O)C(CC2CC2)NC(=O)OCC2c3ccccc3-c3ccccc32)c(C(=O)O)n1. The molecule has 3 aromatic rings. The number of hydrogen-bond donors (Lipinski definition) is 3. The first-order valence-electron chi connectivity index (χ1n) is 11.6. The number of carbonyl (C=O) groups is 3. The number of aromatic carboxylic acids is 1. The normalized spacial score (nSPS) is 15.1. The van der Waals surface area contributed by atoms with Gasteiger partial charge in [-0.1, -0.05) is 61.4 Å². The van der Waals surface area contributed by atoms with Crippen LogP contribution in [-0.2, 0) is 16.6 Å². The number of hydrogen-bond acceptors (Lipinski definition) is 5. The van der Waals surface area contributed by atoms with E-state index in [-0.39, 0.29) is 23.9 Å². The van der Waals surface area contributed by atoms with Crippen molar-refractivity contribution in [3.8, 4) is 11.1 Å². The van der Waals surface area contributed by atoms with Gasteiger partial charge in [-0.3, -0.25) is 9.48 Å². The van der Waals surface area contributed by atoms with Crippen LogP contribution in [0.5, 0.6) is 0 Å². The fraction of sp³-hybridized carbons (Fsp3) is 0.308. The van der Waals surface area contributed by atoms with Gasteiger partial charge in [0.1, 0.15) is 12.6 Å². The van der Waals surface area contributed by atoms with E-state index < -0.39 is 24.0 Å². The quantitative estimate of drug-likeness (QED) is 0.457. The van der Waals surface area contributed by atoms with Crippen LogP contribution in [0.3, 0.4) is 0 Å². The van der Waals surface area contributed by atoms with E-state index in [2.05, 4.69) is 27.9 Å². The molecule has 180 valence electrons. The summed E-state index contributed by atoms with van der Waals surface area (Å²) in [5, 5.41) is 18.5.